The number of carbonyl (C=O) groups is 1. The fraction of sp³-hybridized carbons (Fsp3) is 0.300. The first-order valence-electron chi connectivity index (χ1n) is 8.33. The van der Waals surface area contributed by atoms with E-state index in [-0.39, 0.29) is 6.42 Å². The molecule has 3 aromatic rings. The number of rotatable bonds is 4. The molecule has 122 valence electrons. The number of nitrogens with zero attached hydrogens (tertiary/aromatic N) is 2. The molecule has 2 heterocycles. The summed E-state index contributed by atoms with van der Waals surface area (Å²) in [6.07, 6.45) is 4.48. The van der Waals surface area contributed by atoms with E-state index in [2.05, 4.69) is 48.0 Å². The number of aryl methyl sites for hydroxylation is 2. The number of aromatic nitrogens is 2. The summed E-state index contributed by atoms with van der Waals surface area (Å²) >= 11 is 0. The number of hydrogen-bond donors (Lipinski definition) is 1. The third-order valence-corrected chi connectivity index (χ3v) is 4.78. The Morgan fingerprint density at radius 2 is 1.92 bits per heavy atom. The smallest absolute Gasteiger partial charge is 0.307 e. The molecule has 1 N–H and O–H groups in total. The first-order chi connectivity index (χ1) is 11.5. The van der Waals surface area contributed by atoms with Gasteiger partial charge in [0.15, 0.2) is 0 Å². The van der Waals surface area contributed by atoms with Gasteiger partial charge < -0.3 is 9.67 Å². The van der Waals surface area contributed by atoms with Crippen LogP contribution in [0, 0.1) is 13.8 Å². The lowest BCUT2D eigenvalue weighted by atomic mass is 9.94. The van der Waals surface area contributed by atoms with Gasteiger partial charge in [-0.25, -0.2) is 4.98 Å². The van der Waals surface area contributed by atoms with Crippen LogP contribution in [-0.2, 0) is 11.2 Å². The van der Waals surface area contributed by atoms with Crippen LogP contribution >= 0.6 is 0 Å². The van der Waals surface area contributed by atoms with Crippen molar-refractivity contribution in [3.63, 3.8) is 0 Å². The molecular weight excluding hydrogens is 300 g/mol. The SMILES string of the molecule is Cc1ccc(-c2c(CC(=O)O)c(C)nc3c2ccn3C2CC2)cc1. The molecule has 0 aliphatic heterocycles. The minimum atomic E-state index is -0.825. The lowest BCUT2D eigenvalue weighted by Gasteiger charge is -2.14. The summed E-state index contributed by atoms with van der Waals surface area (Å²) in [5.41, 5.74) is 5.85. The molecule has 24 heavy (non-hydrogen) atoms. The Kier molecular flexibility index (Phi) is 3.41. The molecule has 4 heteroatoms. The Bertz CT molecular complexity index is 934. The highest BCUT2D eigenvalue weighted by Crippen LogP contribution is 2.40. The minimum absolute atomic E-state index is 0.00735. The zero-order valence-electron chi connectivity index (χ0n) is 13.9. The molecule has 0 atom stereocenters. The van der Waals surface area contributed by atoms with Crippen LogP contribution in [0.5, 0.6) is 0 Å². The van der Waals surface area contributed by atoms with Crippen molar-refractivity contribution in [2.24, 2.45) is 0 Å². The van der Waals surface area contributed by atoms with Gasteiger partial charge in [-0.05, 0) is 49.4 Å². The van der Waals surface area contributed by atoms with Gasteiger partial charge >= 0.3 is 5.97 Å². The largest absolute Gasteiger partial charge is 0.481 e. The maximum atomic E-state index is 11.4. The summed E-state index contributed by atoms with van der Waals surface area (Å²) in [7, 11) is 0. The number of hydrogen-bond acceptors (Lipinski definition) is 2. The summed E-state index contributed by atoms with van der Waals surface area (Å²) in [6, 6.07) is 10.9. The van der Waals surface area contributed by atoms with E-state index in [4.69, 9.17) is 4.98 Å². The van der Waals surface area contributed by atoms with Crippen molar-refractivity contribution in [3.8, 4) is 11.1 Å². The van der Waals surface area contributed by atoms with Gasteiger partial charge in [0, 0.05) is 23.3 Å². The van der Waals surface area contributed by atoms with Crippen LogP contribution in [0.4, 0.5) is 0 Å². The van der Waals surface area contributed by atoms with Crippen molar-refractivity contribution in [1.29, 1.82) is 0 Å². The van der Waals surface area contributed by atoms with Crippen molar-refractivity contribution >= 4 is 17.0 Å². The third-order valence-electron chi connectivity index (χ3n) is 4.78. The molecule has 0 spiro atoms. The molecule has 1 aromatic carbocycles. The number of benzene rings is 1. The third kappa shape index (κ3) is 2.48. The fourth-order valence-corrected chi connectivity index (χ4v) is 3.39. The monoisotopic (exact) mass is 320 g/mol. The van der Waals surface area contributed by atoms with Gasteiger partial charge in [0.05, 0.1) is 6.42 Å². The van der Waals surface area contributed by atoms with Crippen molar-refractivity contribution in [1.82, 2.24) is 9.55 Å². The van der Waals surface area contributed by atoms with E-state index in [9.17, 15) is 9.90 Å². The number of fused-ring (bicyclic) bond motifs is 1. The highest BCUT2D eigenvalue weighted by atomic mass is 16.4. The molecule has 1 aliphatic rings. The second-order valence-corrected chi connectivity index (χ2v) is 6.68. The summed E-state index contributed by atoms with van der Waals surface area (Å²) in [5.74, 6) is -0.825. The average molecular weight is 320 g/mol. The van der Waals surface area contributed by atoms with Crippen LogP contribution in [0.1, 0.15) is 35.7 Å². The molecule has 1 fully saturated rings. The Labute approximate surface area is 140 Å². The summed E-state index contributed by atoms with van der Waals surface area (Å²) in [5, 5.41) is 10.4. The maximum absolute atomic E-state index is 11.4. The molecule has 0 amide bonds. The molecule has 0 saturated heterocycles. The predicted molar refractivity (Wildman–Crippen MR) is 94.3 cm³/mol. The Morgan fingerprint density at radius 1 is 1.21 bits per heavy atom. The molecule has 2 aromatic heterocycles. The number of carboxylic acid groups (broad SMARTS) is 1. The zero-order chi connectivity index (χ0) is 16.8. The average Bonchev–Trinajstić information content (AvgIpc) is 3.30. The van der Waals surface area contributed by atoms with Gasteiger partial charge in [-0.15, -0.1) is 0 Å². The van der Waals surface area contributed by atoms with Crippen molar-refractivity contribution < 1.29 is 9.90 Å². The summed E-state index contributed by atoms with van der Waals surface area (Å²) < 4.78 is 2.24. The van der Waals surface area contributed by atoms with Crippen LogP contribution in [0.25, 0.3) is 22.2 Å². The van der Waals surface area contributed by atoms with E-state index in [1.54, 1.807) is 0 Å². The highest BCUT2D eigenvalue weighted by molar-refractivity contribution is 5.97. The Morgan fingerprint density at radius 3 is 2.54 bits per heavy atom. The topological polar surface area (TPSA) is 55.1 Å². The maximum Gasteiger partial charge on any atom is 0.307 e. The lowest BCUT2D eigenvalue weighted by Crippen LogP contribution is -2.07. The molecule has 0 unspecified atom stereocenters. The van der Waals surface area contributed by atoms with Crippen molar-refractivity contribution in [2.75, 3.05) is 0 Å². The quantitative estimate of drug-likeness (QED) is 0.780. The predicted octanol–water partition coefficient (Wildman–Crippen LogP) is 4.28. The first-order valence-corrected chi connectivity index (χ1v) is 8.33. The van der Waals surface area contributed by atoms with Gasteiger partial charge in [-0.1, -0.05) is 29.8 Å². The molecule has 4 nitrogen and oxygen atoms in total. The zero-order valence-corrected chi connectivity index (χ0v) is 13.9. The normalized spacial score (nSPS) is 14.2. The molecule has 1 aliphatic carbocycles. The van der Waals surface area contributed by atoms with Gasteiger partial charge in [0.2, 0.25) is 0 Å². The number of pyridine rings is 1. The van der Waals surface area contributed by atoms with Crippen LogP contribution < -0.4 is 0 Å². The van der Waals surface area contributed by atoms with E-state index < -0.39 is 5.97 Å². The van der Waals surface area contributed by atoms with Gasteiger partial charge in [0.25, 0.3) is 0 Å². The van der Waals surface area contributed by atoms with Crippen LogP contribution in [0.3, 0.4) is 0 Å². The fourth-order valence-electron chi connectivity index (χ4n) is 3.39. The molecule has 1 saturated carbocycles. The van der Waals surface area contributed by atoms with E-state index in [1.807, 2.05) is 6.92 Å². The number of aliphatic carboxylic acids is 1. The van der Waals surface area contributed by atoms with Crippen molar-refractivity contribution in [2.45, 2.75) is 39.2 Å². The van der Waals surface area contributed by atoms with Crippen LogP contribution in [0.2, 0.25) is 0 Å². The second kappa shape index (κ2) is 5.48. The van der Waals surface area contributed by atoms with Crippen molar-refractivity contribution in [3.05, 3.63) is 53.3 Å². The Hall–Kier alpha value is -2.62. The first kappa shape index (κ1) is 14.9. The minimum Gasteiger partial charge on any atom is -0.481 e. The highest BCUT2D eigenvalue weighted by Gasteiger charge is 2.27. The molecular formula is C20H20N2O2. The number of carboxylic acids is 1. The van der Waals surface area contributed by atoms with E-state index in [1.165, 1.54) is 18.4 Å². The van der Waals surface area contributed by atoms with Crippen LogP contribution in [0.15, 0.2) is 36.5 Å². The van der Waals surface area contributed by atoms with E-state index >= 15 is 0 Å². The second-order valence-electron chi connectivity index (χ2n) is 6.68. The van der Waals surface area contributed by atoms with E-state index in [0.29, 0.717) is 6.04 Å². The lowest BCUT2D eigenvalue weighted by molar-refractivity contribution is -0.136. The Balaban J connectivity index is 2.01. The molecule has 0 radical (unpaired) electrons. The van der Waals surface area contributed by atoms with Gasteiger partial charge in [-0.3, -0.25) is 4.79 Å². The standard InChI is InChI=1S/C20H20N2O2/c1-12-3-5-14(6-4-12)19-16-9-10-22(15-7-8-15)20(16)21-13(2)17(19)11-18(23)24/h3-6,9-10,15H,7-8,11H2,1-2H3,(H,23,24). The van der Waals surface area contributed by atoms with E-state index in [0.717, 1.165) is 33.4 Å². The van der Waals surface area contributed by atoms with Gasteiger partial charge in [-0.2, -0.15) is 0 Å². The van der Waals surface area contributed by atoms with Gasteiger partial charge in [0.1, 0.15) is 5.65 Å². The summed E-state index contributed by atoms with van der Waals surface area (Å²) in [4.78, 5) is 16.1. The van der Waals surface area contributed by atoms with Crippen LogP contribution in [-0.4, -0.2) is 20.6 Å². The summed E-state index contributed by atoms with van der Waals surface area (Å²) in [6.45, 7) is 3.97. The molecule has 0 bridgehead atoms. The molecule has 4 rings (SSSR count).